The second kappa shape index (κ2) is 7.40. The third-order valence-corrected chi connectivity index (χ3v) is 4.08. The Morgan fingerprint density at radius 2 is 1.85 bits per heavy atom. The quantitative estimate of drug-likeness (QED) is 0.620. The van der Waals surface area contributed by atoms with Crippen LogP contribution in [0.5, 0.6) is 0 Å². The van der Waals surface area contributed by atoms with Crippen LogP contribution in [0.1, 0.15) is 21.6 Å². The molecule has 0 bridgehead atoms. The van der Waals surface area contributed by atoms with Crippen LogP contribution in [0.4, 0.5) is 17.6 Å². The number of hydrogen-bond donors (Lipinski definition) is 2. The largest absolute Gasteiger partial charge is 0.435 e. The number of H-pyrrole nitrogens is 1. The summed E-state index contributed by atoms with van der Waals surface area (Å²) in [6.07, 6.45) is -3.90. The Bertz CT molecular complexity index is 967. The van der Waals surface area contributed by atoms with Crippen molar-refractivity contribution in [3.8, 4) is 11.1 Å². The van der Waals surface area contributed by atoms with Gasteiger partial charge in [-0.2, -0.15) is 18.3 Å². The Labute approximate surface area is 156 Å². The van der Waals surface area contributed by atoms with E-state index in [4.69, 9.17) is 11.6 Å². The molecule has 4 nitrogen and oxygen atoms in total. The van der Waals surface area contributed by atoms with Crippen LogP contribution >= 0.6 is 11.6 Å². The Morgan fingerprint density at radius 1 is 1.15 bits per heavy atom. The summed E-state index contributed by atoms with van der Waals surface area (Å²) in [5.41, 5.74) is -0.773. The van der Waals surface area contributed by atoms with E-state index in [1.807, 2.05) is 5.10 Å². The van der Waals surface area contributed by atoms with Gasteiger partial charge in [0.15, 0.2) is 5.69 Å². The first-order valence-electron chi connectivity index (χ1n) is 7.70. The molecule has 2 N–H and O–H groups in total. The number of nitrogens with zero attached hydrogens (tertiary/aromatic N) is 1. The van der Waals surface area contributed by atoms with Crippen molar-refractivity contribution in [2.24, 2.45) is 0 Å². The Hall–Kier alpha value is -2.87. The zero-order chi connectivity index (χ0) is 19.6. The molecule has 0 aliphatic heterocycles. The van der Waals surface area contributed by atoms with E-state index in [2.05, 4.69) is 10.4 Å². The molecule has 0 fully saturated rings. The first kappa shape index (κ1) is 18.9. The van der Waals surface area contributed by atoms with Gasteiger partial charge in [-0.15, -0.1) is 0 Å². The third kappa shape index (κ3) is 4.11. The zero-order valence-corrected chi connectivity index (χ0v) is 14.3. The first-order chi connectivity index (χ1) is 12.8. The molecule has 0 spiro atoms. The molecular formula is C18H12ClF4N3O. The fourth-order valence-corrected chi connectivity index (χ4v) is 2.73. The molecule has 0 aliphatic carbocycles. The highest BCUT2D eigenvalue weighted by Gasteiger charge is 2.38. The summed E-state index contributed by atoms with van der Waals surface area (Å²) in [7, 11) is 0. The normalized spacial score (nSPS) is 11.4. The van der Waals surface area contributed by atoms with Crippen LogP contribution in [0.2, 0.25) is 5.02 Å². The number of carbonyl (C=O) groups excluding carboxylic acids is 1. The van der Waals surface area contributed by atoms with Crippen LogP contribution < -0.4 is 5.32 Å². The maximum atomic E-state index is 14.3. The molecule has 1 amide bonds. The lowest BCUT2D eigenvalue weighted by atomic mass is 9.99. The van der Waals surface area contributed by atoms with Crippen molar-refractivity contribution in [2.75, 3.05) is 0 Å². The topological polar surface area (TPSA) is 57.8 Å². The van der Waals surface area contributed by atoms with E-state index in [-0.39, 0.29) is 12.1 Å². The van der Waals surface area contributed by atoms with Crippen molar-refractivity contribution in [1.82, 2.24) is 15.5 Å². The van der Waals surface area contributed by atoms with Crippen LogP contribution in [-0.2, 0) is 12.7 Å². The number of aromatic amines is 1. The molecule has 140 valence electrons. The first-order valence-corrected chi connectivity index (χ1v) is 8.07. The van der Waals surface area contributed by atoms with Gasteiger partial charge in [0.25, 0.3) is 5.91 Å². The number of amides is 1. The minimum Gasteiger partial charge on any atom is -0.348 e. The lowest BCUT2D eigenvalue weighted by Gasteiger charge is -2.12. The standard InChI is InChI=1S/C18H12ClF4N3O/c19-12-6-4-10(5-7-12)15-11(2-1-3-14(15)20)8-24-17(27)13-9-25-26-16(13)18(21,22)23/h1-7,9H,8H2,(H,24,27)(H,25,26). The molecule has 3 aromatic rings. The van der Waals surface area contributed by atoms with Crippen molar-refractivity contribution in [3.63, 3.8) is 0 Å². The van der Waals surface area contributed by atoms with E-state index in [9.17, 15) is 22.4 Å². The molecule has 9 heteroatoms. The molecule has 0 saturated heterocycles. The van der Waals surface area contributed by atoms with Crippen LogP contribution in [0.3, 0.4) is 0 Å². The number of alkyl halides is 3. The van der Waals surface area contributed by atoms with Gasteiger partial charge in [-0.3, -0.25) is 9.89 Å². The Morgan fingerprint density at radius 3 is 2.52 bits per heavy atom. The van der Waals surface area contributed by atoms with Crippen molar-refractivity contribution in [1.29, 1.82) is 0 Å². The fourth-order valence-electron chi connectivity index (χ4n) is 2.61. The molecule has 2 aromatic carbocycles. The fraction of sp³-hybridized carbons (Fsp3) is 0.111. The van der Waals surface area contributed by atoms with Gasteiger partial charge in [0.1, 0.15) is 5.82 Å². The van der Waals surface area contributed by atoms with E-state index in [1.165, 1.54) is 12.1 Å². The van der Waals surface area contributed by atoms with Gasteiger partial charge in [-0.05, 0) is 29.3 Å². The molecule has 0 atom stereocenters. The van der Waals surface area contributed by atoms with Gasteiger partial charge in [-0.1, -0.05) is 35.9 Å². The summed E-state index contributed by atoms with van der Waals surface area (Å²) < 4.78 is 52.9. The SMILES string of the molecule is O=C(NCc1cccc(F)c1-c1ccc(Cl)cc1)c1c[nH]nc1C(F)(F)F. The molecule has 1 aromatic heterocycles. The van der Waals surface area contributed by atoms with Crippen molar-refractivity contribution in [2.45, 2.75) is 12.7 Å². The van der Waals surface area contributed by atoms with Gasteiger partial charge in [-0.25, -0.2) is 4.39 Å². The molecule has 0 radical (unpaired) electrons. The second-order valence-corrected chi connectivity index (χ2v) is 6.05. The number of halogens is 5. The Balaban J connectivity index is 1.85. The van der Waals surface area contributed by atoms with Crippen molar-refractivity contribution in [3.05, 3.63) is 76.3 Å². The van der Waals surface area contributed by atoms with Gasteiger partial charge in [0.05, 0.1) is 5.56 Å². The number of carbonyl (C=O) groups is 1. The van der Waals surface area contributed by atoms with Gasteiger partial charge in [0, 0.05) is 23.3 Å². The van der Waals surface area contributed by atoms with Crippen LogP contribution in [0.15, 0.2) is 48.7 Å². The summed E-state index contributed by atoms with van der Waals surface area (Å²) in [6, 6.07) is 10.7. The van der Waals surface area contributed by atoms with Crippen molar-refractivity contribution >= 4 is 17.5 Å². The van der Waals surface area contributed by atoms with E-state index >= 15 is 0 Å². The molecule has 1 heterocycles. The lowest BCUT2D eigenvalue weighted by molar-refractivity contribution is -0.141. The van der Waals surface area contributed by atoms with E-state index in [0.29, 0.717) is 16.1 Å². The second-order valence-electron chi connectivity index (χ2n) is 5.61. The van der Waals surface area contributed by atoms with E-state index in [0.717, 1.165) is 6.20 Å². The summed E-state index contributed by atoms with van der Waals surface area (Å²) >= 11 is 5.84. The minimum atomic E-state index is -4.76. The van der Waals surface area contributed by atoms with Gasteiger partial charge in [0.2, 0.25) is 0 Å². The highest BCUT2D eigenvalue weighted by molar-refractivity contribution is 6.30. The summed E-state index contributed by atoms with van der Waals surface area (Å²) in [4.78, 5) is 12.1. The molecule has 0 unspecified atom stereocenters. The predicted molar refractivity (Wildman–Crippen MR) is 91.6 cm³/mol. The third-order valence-electron chi connectivity index (χ3n) is 3.83. The molecule has 0 aliphatic rings. The highest BCUT2D eigenvalue weighted by Crippen LogP contribution is 2.31. The van der Waals surface area contributed by atoms with Gasteiger partial charge < -0.3 is 5.32 Å². The van der Waals surface area contributed by atoms with Crippen molar-refractivity contribution < 1.29 is 22.4 Å². The number of rotatable bonds is 4. The maximum absolute atomic E-state index is 14.3. The predicted octanol–water partition coefficient (Wildman–Crippen LogP) is 4.82. The monoisotopic (exact) mass is 397 g/mol. The van der Waals surface area contributed by atoms with Crippen LogP contribution in [0.25, 0.3) is 11.1 Å². The molecule has 0 saturated carbocycles. The number of aromatic nitrogens is 2. The zero-order valence-electron chi connectivity index (χ0n) is 13.6. The average molecular weight is 398 g/mol. The van der Waals surface area contributed by atoms with E-state index in [1.54, 1.807) is 30.3 Å². The molecule has 3 rings (SSSR count). The summed E-state index contributed by atoms with van der Waals surface area (Å²) in [5.74, 6) is -1.49. The lowest BCUT2D eigenvalue weighted by Crippen LogP contribution is -2.25. The van der Waals surface area contributed by atoms with E-state index < -0.39 is 29.2 Å². The number of nitrogens with one attached hydrogen (secondary N) is 2. The summed E-state index contributed by atoms with van der Waals surface area (Å²) in [6.45, 7) is -0.170. The van der Waals surface area contributed by atoms with Crippen LogP contribution in [-0.4, -0.2) is 16.1 Å². The smallest absolute Gasteiger partial charge is 0.348 e. The van der Waals surface area contributed by atoms with Crippen LogP contribution in [0, 0.1) is 5.82 Å². The highest BCUT2D eigenvalue weighted by atomic mass is 35.5. The minimum absolute atomic E-state index is 0.170. The average Bonchev–Trinajstić information content (AvgIpc) is 3.11. The number of hydrogen-bond acceptors (Lipinski definition) is 2. The maximum Gasteiger partial charge on any atom is 0.435 e. The van der Waals surface area contributed by atoms with Gasteiger partial charge >= 0.3 is 6.18 Å². The molecule has 27 heavy (non-hydrogen) atoms. The molecular weight excluding hydrogens is 386 g/mol. The Kier molecular flexibility index (Phi) is 5.18. The summed E-state index contributed by atoms with van der Waals surface area (Å²) in [5, 5.41) is 7.95. The number of benzene rings is 2.